The Balaban J connectivity index is 1.23. The monoisotopic (exact) mass is 559 g/mol. The summed E-state index contributed by atoms with van der Waals surface area (Å²) in [4.78, 5) is 58.6. The van der Waals surface area contributed by atoms with Crippen LogP contribution in [0.2, 0.25) is 0 Å². The molecule has 2 aliphatic heterocycles. The number of carbonyl (C=O) groups is 2. The number of amides is 2. The van der Waals surface area contributed by atoms with Gasteiger partial charge in [0.1, 0.15) is 52.5 Å². The van der Waals surface area contributed by atoms with Crippen molar-refractivity contribution in [3.63, 3.8) is 0 Å². The van der Waals surface area contributed by atoms with Crippen LogP contribution in [0.4, 0.5) is 29.0 Å². The topological polar surface area (TPSA) is 199 Å². The molecule has 3 aromatic heterocycles. The Morgan fingerprint density at radius 1 is 1.05 bits per heavy atom. The zero-order chi connectivity index (χ0) is 29.1. The van der Waals surface area contributed by atoms with E-state index in [2.05, 4.69) is 40.8 Å². The number of aryl methyl sites for hydroxylation is 1. The fourth-order valence-electron chi connectivity index (χ4n) is 5.54. The number of pyridine rings is 1. The number of hydrogen-bond acceptors (Lipinski definition) is 11. The van der Waals surface area contributed by atoms with Gasteiger partial charge in [0.25, 0.3) is 11.5 Å². The predicted molar refractivity (Wildman–Crippen MR) is 152 cm³/mol. The highest BCUT2D eigenvalue weighted by molar-refractivity contribution is 5.97. The zero-order valence-corrected chi connectivity index (χ0v) is 23.2. The van der Waals surface area contributed by atoms with Crippen molar-refractivity contribution in [3.8, 4) is 0 Å². The van der Waals surface area contributed by atoms with E-state index >= 15 is 0 Å². The van der Waals surface area contributed by atoms with E-state index in [0.29, 0.717) is 89.6 Å². The molecule has 14 nitrogen and oxygen atoms in total. The van der Waals surface area contributed by atoms with Crippen LogP contribution in [0.25, 0.3) is 0 Å². The van der Waals surface area contributed by atoms with Crippen LogP contribution in [0.5, 0.6) is 0 Å². The summed E-state index contributed by atoms with van der Waals surface area (Å²) in [6.45, 7) is 6.93. The molecule has 1 spiro atoms. The van der Waals surface area contributed by atoms with Crippen LogP contribution in [-0.4, -0.2) is 54.3 Å². The van der Waals surface area contributed by atoms with Crippen LogP contribution in [0.3, 0.4) is 0 Å². The average Bonchev–Trinajstić information content (AvgIpc) is 3.74. The number of hydrogen-bond donors (Lipinski definition) is 5. The highest BCUT2D eigenvalue weighted by Gasteiger charge is 2.46. The van der Waals surface area contributed by atoms with Gasteiger partial charge in [0.15, 0.2) is 0 Å². The molecule has 1 aliphatic carbocycles. The number of piperidine rings is 1. The van der Waals surface area contributed by atoms with E-state index in [1.165, 1.54) is 6.33 Å². The lowest BCUT2D eigenvalue weighted by molar-refractivity contribution is -0.117. The molecule has 5 heterocycles. The summed E-state index contributed by atoms with van der Waals surface area (Å²) in [6, 6.07) is 1.67. The molecule has 2 amide bonds. The third-order valence-electron chi connectivity index (χ3n) is 8.22. The minimum absolute atomic E-state index is 0.0411. The van der Waals surface area contributed by atoms with Gasteiger partial charge in [-0.3, -0.25) is 23.9 Å². The molecule has 3 aromatic rings. The quantitative estimate of drug-likeness (QED) is 0.292. The highest BCUT2D eigenvalue weighted by Crippen LogP contribution is 2.35. The lowest BCUT2D eigenvalue weighted by atomic mass is 9.96. The first kappa shape index (κ1) is 26.6. The Kier molecular flexibility index (Phi) is 6.36. The molecule has 0 atom stereocenters. The number of carbonyl (C=O) groups excluding carboxylic acids is 2. The standard InChI is InChI=1S/C27H33N11O3/c1-13-10-17(32-22-14(2)20(28)30-12-31-22)26(41)38-19(13)25(40)36-27(38)6-8-37(9-7-27)11-18-33-21(29)15(3)23(34-18)35-24(39)16-4-5-16/h10,12,16H,4-9,11H2,1-3H3,(H,36,40)(H3,28,30,31,32)(H3,29,33,34,35,39). The second-order valence-corrected chi connectivity index (χ2v) is 11.1. The number of aromatic nitrogens is 5. The van der Waals surface area contributed by atoms with Crippen molar-refractivity contribution in [2.75, 3.05) is 35.2 Å². The predicted octanol–water partition coefficient (Wildman–Crippen LogP) is 1.30. The minimum Gasteiger partial charge on any atom is -0.383 e. The van der Waals surface area contributed by atoms with E-state index < -0.39 is 5.66 Å². The van der Waals surface area contributed by atoms with Crippen LogP contribution < -0.4 is 33.0 Å². The van der Waals surface area contributed by atoms with E-state index in [-0.39, 0.29) is 23.3 Å². The lowest BCUT2D eigenvalue weighted by Gasteiger charge is -2.40. The summed E-state index contributed by atoms with van der Waals surface area (Å²) in [5, 5.41) is 9.09. The van der Waals surface area contributed by atoms with E-state index in [9.17, 15) is 14.4 Å². The Morgan fingerprint density at radius 2 is 1.76 bits per heavy atom. The first-order chi connectivity index (χ1) is 19.6. The number of rotatable bonds is 6. The highest BCUT2D eigenvalue weighted by atomic mass is 16.2. The molecule has 41 heavy (non-hydrogen) atoms. The number of fused-ring (bicyclic) bond motifs is 2. The molecule has 2 fully saturated rings. The molecule has 7 N–H and O–H groups in total. The second-order valence-electron chi connectivity index (χ2n) is 11.1. The largest absolute Gasteiger partial charge is 0.383 e. The molecule has 214 valence electrons. The van der Waals surface area contributed by atoms with Gasteiger partial charge in [0, 0.05) is 43.0 Å². The lowest BCUT2D eigenvalue weighted by Crippen LogP contribution is -2.54. The van der Waals surface area contributed by atoms with Crippen molar-refractivity contribution in [2.24, 2.45) is 5.92 Å². The van der Waals surface area contributed by atoms with Gasteiger partial charge in [0.2, 0.25) is 5.91 Å². The number of nitrogens with zero attached hydrogens (tertiary/aromatic N) is 6. The summed E-state index contributed by atoms with van der Waals surface area (Å²) in [6.07, 6.45) is 4.12. The SMILES string of the molecule is Cc1cc(Nc2ncnc(N)c2C)c(=O)n2c1C(=O)NC21CCN(Cc2nc(N)c(C)c(NC(=O)C3CC3)n2)CC1. The number of nitrogens with two attached hydrogens (primary N) is 2. The number of anilines is 5. The Bertz CT molecular complexity index is 1640. The molecule has 1 saturated carbocycles. The maximum atomic E-state index is 13.8. The summed E-state index contributed by atoms with van der Waals surface area (Å²) < 4.78 is 1.59. The minimum atomic E-state index is -0.862. The van der Waals surface area contributed by atoms with E-state index in [1.54, 1.807) is 24.5 Å². The number of nitrogens with one attached hydrogen (secondary N) is 3. The maximum Gasteiger partial charge on any atom is 0.276 e. The molecular weight excluding hydrogens is 526 g/mol. The molecule has 6 rings (SSSR count). The smallest absolute Gasteiger partial charge is 0.276 e. The van der Waals surface area contributed by atoms with Crippen LogP contribution in [-0.2, 0) is 17.0 Å². The van der Waals surface area contributed by atoms with Crippen molar-refractivity contribution in [3.05, 3.63) is 51.0 Å². The molecule has 1 saturated heterocycles. The van der Waals surface area contributed by atoms with Crippen LogP contribution in [0.1, 0.15) is 58.7 Å². The van der Waals surface area contributed by atoms with Crippen molar-refractivity contribution < 1.29 is 9.59 Å². The molecule has 3 aliphatic rings. The van der Waals surface area contributed by atoms with E-state index in [0.717, 1.165) is 12.8 Å². The molecule has 0 bridgehead atoms. The van der Waals surface area contributed by atoms with Crippen LogP contribution in [0.15, 0.2) is 17.2 Å². The van der Waals surface area contributed by atoms with E-state index in [4.69, 9.17) is 11.5 Å². The van der Waals surface area contributed by atoms with Gasteiger partial charge in [-0.2, -0.15) is 0 Å². The second kappa shape index (κ2) is 9.80. The zero-order valence-electron chi connectivity index (χ0n) is 23.2. The first-order valence-electron chi connectivity index (χ1n) is 13.7. The van der Waals surface area contributed by atoms with Gasteiger partial charge in [0.05, 0.1) is 6.54 Å². The first-order valence-corrected chi connectivity index (χ1v) is 13.7. The third-order valence-corrected chi connectivity index (χ3v) is 8.22. The van der Waals surface area contributed by atoms with Gasteiger partial charge in [-0.25, -0.2) is 19.9 Å². The Labute approximate surface area is 236 Å². The molecule has 14 heteroatoms. The van der Waals surface area contributed by atoms with Crippen LogP contribution in [0, 0.1) is 26.7 Å². The van der Waals surface area contributed by atoms with Gasteiger partial charge in [-0.15, -0.1) is 0 Å². The van der Waals surface area contributed by atoms with Crippen molar-refractivity contribution in [1.29, 1.82) is 0 Å². The molecule has 0 aromatic carbocycles. The van der Waals surface area contributed by atoms with Gasteiger partial charge < -0.3 is 27.4 Å². The Hall–Kier alpha value is -4.59. The normalized spacial score (nSPS) is 17.8. The summed E-state index contributed by atoms with van der Waals surface area (Å²) in [5.74, 6) is 1.76. The number of nitrogen functional groups attached to an aromatic ring is 2. The summed E-state index contributed by atoms with van der Waals surface area (Å²) in [7, 11) is 0. The van der Waals surface area contributed by atoms with Crippen molar-refractivity contribution >= 4 is 40.8 Å². The molecule has 0 radical (unpaired) electrons. The fraction of sp³-hybridized carbons (Fsp3) is 0.444. The maximum absolute atomic E-state index is 13.8. The van der Waals surface area contributed by atoms with Gasteiger partial charge in [-0.1, -0.05) is 0 Å². The third kappa shape index (κ3) is 4.73. The fourth-order valence-corrected chi connectivity index (χ4v) is 5.54. The molecular formula is C27H33N11O3. The van der Waals surface area contributed by atoms with Gasteiger partial charge >= 0.3 is 0 Å². The number of likely N-dealkylation sites (tertiary alicyclic amines) is 1. The summed E-state index contributed by atoms with van der Waals surface area (Å²) >= 11 is 0. The van der Waals surface area contributed by atoms with Crippen molar-refractivity contribution in [1.82, 2.24) is 34.7 Å². The van der Waals surface area contributed by atoms with E-state index in [1.807, 2.05) is 6.92 Å². The summed E-state index contributed by atoms with van der Waals surface area (Å²) in [5.41, 5.74) is 13.5. The average molecular weight is 560 g/mol. The molecule has 0 unspecified atom stereocenters. The Morgan fingerprint density at radius 3 is 2.46 bits per heavy atom. The van der Waals surface area contributed by atoms with Crippen LogP contribution >= 0.6 is 0 Å². The van der Waals surface area contributed by atoms with Crippen molar-refractivity contribution in [2.45, 2.75) is 58.7 Å². The van der Waals surface area contributed by atoms with Gasteiger partial charge in [-0.05, 0) is 45.2 Å².